The van der Waals surface area contributed by atoms with Crippen LogP contribution in [0.25, 0.3) is 0 Å². The molecule has 16 heavy (non-hydrogen) atoms. The molecule has 2 rings (SSSR count). The van der Waals surface area contributed by atoms with Gasteiger partial charge in [-0.05, 0) is 67.3 Å². The molecule has 2 nitrogen and oxygen atoms in total. The van der Waals surface area contributed by atoms with E-state index in [2.05, 4.69) is 34.0 Å². The summed E-state index contributed by atoms with van der Waals surface area (Å²) in [7, 11) is 0. The molecule has 0 atom stereocenters. The van der Waals surface area contributed by atoms with Crippen molar-refractivity contribution in [2.45, 2.75) is 26.3 Å². The van der Waals surface area contributed by atoms with Gasteiger partial charge in [0.05, 0.1) is 0 Å². The van der Waals surface area contributed by atoms with Crippen LogP contribution < -0.4 is 5.32 Å². The van der Waals surface area contributed by atoms with Crippen LogP contribution in [-0.4, -0.2) is 31.1 Å². The Kier molecular flexibility index (Phi) is 4.82. The highest BCUT2D eigenvalue weighted by molar-refractivity contribution is 7.07. The number of rotatable bonds is 5. The molecular weight excluding hydrogens is 216 g/mol. The molecule has 1 aliphatic heterocycles. The van der Waals surface area contributed by atoms with Gasteiger partial charge in [-0.3, -0.25) is 4.90 Å². The zero-order valence-corrected chi connectivity index (χ0v) is 10.9. The first-order valence-corrected chi connectivity index (χ1v) is 7.27. The molecule has 0 amide bonds. The second-order valence-electron chi connectivity index (χ2n) is 4.66. The molecule has 2 heterocycles. The standard InChI is InChI=1S/C13H22N2S/c1-2-14-9-12-3-6-15(7-4-12)10-13-5-8-16-11-13/h5,8,11-12,14H,2-4,6-7,9-10H2,1H3. The number of likely N-dealkylation sites (tertiary alicyclic amines) is 1. The van der Waals surface area contributed by atoms with Crippen molar-refractivity contribution in [1.29, 1.82) is 0 Å². The normalized spacial score (nSPS) is 19.1. The highest BCUT2D eigenvalue weighted by Crippen LogP contribution is 2.19. The lowest BCUT2D eigenvalue weighted by atomic mass is 9.96. The van der Waals surface area contributed by atoms with Crippen molar-refractivity contribution in [3.05, 3.63) is 22.4 Å². The van der Waals surface area contributed by atoms with E-state index in [0.29, 0.717) is 0 Å². The van der Waals surface area contributed by atoms with Crippen molar-refractivity contribution < 1.29 is 0 Å². The van der Waals surface area contributed by atoms with Gasteiger partial charge in [-0.25, -0.2) is 0 Å². The lowest BCUT2D eigenvalue weighted by Crippen LogP contribution is -2.36. The van der Waals surface area contributed by atoms with Gasteiger partial charge in [-0.1, -0.05) is 6.92 Å². The van der Waals surface area contributed by atoms with E-state index in [-0.39, 0.29) is 0 Å². The number of nitrogens with zero attached hydrogens (tertiary/aromatic N) is 1. The molecule has 0 saturated carbocycles. The van der Waals surface area contributed by atoms with Crippen LogP contribution in [-0.2, 0) is 6.54 Å². The maximum Gasteiger partial charge on any atom is 0.0241 e. The molecule has 1 aliphatic rings. The fourth-order valence-corrected chi connectivity index (χ4v) is 3.00. The summed E-state index contributed by atoms with van der Waals surface area (Å²) in [5.74, 6) is 0.902. The van der Waals surface area contributed by atoms with Crippen LogP contribution in [0, 0.1) is 5.92 Å². The van der Waals surface area contributed by atoms with Gasteiger partial charge in [-0.2, -0.15) is 11.3 Å². The second kappa shape index (κ2) is 6.38. The maximum atomic E-state index is 3.46. The molecule has 0 aromatic carbocycles. The summed E-state index contributed by atoms with van der Waals surface area (Å²) < 4.78 is 0. The summed E-state index contributed by atoms with van der Waals surface area (Å²) in [5.41, 5.74) is 1.48. The predicted octanol–water partition coefficient (Wildman–Crippen LogP) is 2.57. The average Bonchev–Trinajstić information content (AvgIpc) is 2.81. The third-order valence-corrected chi connectivity index (χ3v) is 4.11. The highest BCUT2D eigenvalue weighted by Gasteiger charge is 2.18. The van der Waals surface area contributed by atoms with Crippen molar-refractivity contribution in [1.82, 2.24) is 10.2 Å². The van der Waals surface area contributed by atoms with Crippen LogP contribution in [0.15, 0.2) is 16.8 Å². The monoisotopic (exact) mass is 238 g/mol. The van der Waals surface area contributed by atoms with Crippen LogP contribution in [0.5, 0.6) is 0 Å². The van der Waals surface area contributed by atoms with E-state index < -0.39 is 0 Å². The first-order valence-electron chi connectivity index (χ1n) is 6.32. The molecule has 0 unspecified atom stereocenters. The van der Waals surface area contributed by atoms with Crippen molar-refractivity contribution in [3.8, 4) is 0 Å². The molecule has 3 heteroatoms. The third kappa shape index (κ3) is 3.58. The van der Waals surface area contributed by atoms with Crippen molar-refractivity contribution in [2.24, 2.45) is 5.92 Å². The Morgan fingerprint density at radius 2 is 2.25 bits per heavy atom. The van der Waals surface area contributed by atoms with Crippen LogP contribution in [0.1, 0.15) is 25.3 Å². The van der Waals surface area contributed by atoms with E-state index in [9.17, 15) is 0 Å². The first kappa shape index (κ1) is 12.1. The van der Waals surface area contributed by atoms with Gasteiger partial charge in [0.15, 0.2) is 0 Å². The van der Waals surface area contributed by atoms with E-state index in [1.807, 2.05) is 0 Å². The molecule has 0 spiro atoms. The molecule has 90 valence electrons. The van der Waals surface area contributed by atoms with Gasteiger partial charge in [0, 0.05) is 6.54 Å². The van der Waals surface area contributed by atoms with Gasteiger partial charge in [0.2, 0.25) is 0 Å². The van der Waals surface area contributed by atoms with Gasteiger partial charge >= 0.3 is 0 Å². The van der Waals surface area contributed by atoms with Gasteiger partial charge in [0.25, 0.3) is 0 Å². The second-order valence-corrected chi connectivity index (χ2v) is 5.44. The van der Waals surface area contributed by atoms with E-state index >= 15 is 0 Å². The zero-order chi connectivity index (χ0) is 11.2. The number of nitrogens with one attached hydrogen (secondary N) is 1. The number of piperidine rings is 1. The van der Waals surface area contributed by atoms with Crippen LogP contribution in [0.2, 0.25) is 0 Å². The van der Waals surface area contributed by atoms with E-state index in [1.165, 1.54) is 38.0 Å². The zero-order valence-electron chi connectivity index (χ0n) is 10.1. The average molecular weight is 238 g/mol. The van der Waals surface area contributed by atoms with E-state index in [1.54, 1.807) is 11.3 Å². The Morgan fingerprint density at radius 1 is 1.44 bits per heavy atom. The SMILES string of the molecule is CCNCC1CCN(Cc2ccsc2)CC1. The highest BCUT2D eigenvalue weighted by atomic mass is 32.1. The third-order valence-electron chi connectivity index (χ3n) is 3.38. The summed E-state index contributed by atoms with van der Waals surface area (Å²) in [6.45, 7) is 8.19. The first-order chi connectivity index (χ1) is 7.88. The number of thiophene rings is 1. The fraction of sp³-hybridized carbons (Fsp3) is 0.692. The molecule has 0 bridgehead atoms. The van der Waals surface area contributed by atoms with E-state index in [4.69, 9.17) is 0 Å². The molecule has 1 saturated heterocycles. The minimum Gasteiger partial charge on any atom is -0.317 e. The van der Waals surface area contributed by atoms with Gasteiger partial charge in [0.1, 0.15) is 0 Å². The van der Waals surface area contributed by atoms with Crippen molar-refractivity contribution >= 4 is 11.3 Å². The van der Waals surface area contributed by atoms with Crippen LogP contribution in [0.4, 0.5) is 0 Å². The van der Waals surface area contributed by atoms with Crippen LogP contribution >= 0.6 is 11.3 Å². The fourth-order valence-electron chi connectivity index (χ4n) is 2.34. The summed E-state index contributed by atoms with van der Waals surface area (Å²) in [6.07, 6.45) is 2.72. The Morgan fingerprint density at radius 3 is 2.88 bits per heavy atom. The maximum absolute atomic E-state index is 3.46. The summed E-state index contributed by atoms with van der Waals surface area (Å²) in [5, 5.41) is 7.90. The molecule has 0 aliphatic carbocycles. The van der Waals surface area contributed by atoms with Crippen molar-refractivity contribution in [2.75, 3.05) is 26.2 Å². The molecule has 1 aromatic heterocycles. The largest absolute Gasteiger partial charge is 0.317 e. The minimum atomic E-state index is 0.902. The minimum absolute atomic E-state index is 0.902. The lowest BCUT2D eigenvalue weighted by molar-refractivity contribution is 0.176. The molecule has 0 radical (unpaired) electrons. The van der Waals surface area contributed by atoms with Crippen molar-refractivity contribution in [3.63, 3.8) is 0 Å². The molecule has 1 aromatic rings. The Bertz CT molecular complexity index is 276. The smallest absolute Gasteiger partial charge is 0.0241 e. The van der Waals surface area contributed by atoms with Gasteiger partial charge < -0.3 is 5.32 Å². The topological polar surface area (TPSA) is 15.3 Å². The summed E-state index contributed by atoms with van der Waals surface area (Å²) in [4.78, 5) is 2.59. The van der Waals surface area contributed by atoms with E-state index in [0.717, 1.165) is 19.0 Å². The number of hydrogen-bond acceptors (Lipinski definition) is 3. The molecule has 1 N–H and O–H groups in total. The Labute approximate surface area is 103 Å². The Hall–Kier alpha value is -0.380. The quantitative estimate of drug-likeness (QED) is 0.848. The summed E-state index contributed by atoms with van der Waals surface area (Å²) in [6, 6.07) is 2.25. The Balaban J connectivity index is 1.69. The molecular formula is C13H22N2S. The lowest BCUT2D eigenvalue weighted by Gasteiger charge is -2.31. The number of hydrogen-bond donors (Lipinski definition) is 1. The van der Waals surface area contributed by atoms with Gasteiger partial charge in [-0.15, -0.1) is 0 Å². The predicted molar refractivity (Wildman–Crippen MR) is 70.9 cm³/mol. The summed E-state index contributed by atoms with van der Waals surface area (Å²) >= 11 is 1.80. The van der Waals surface area contributed by atoms with Crippen LogP contribution in [0.3, 0.4) is 0 Å². The molecule has 1 fully saturated rings.